The zero-order valence-electron chi connectivity index (χ0n) is 10.1. The van der Waals surface area contributed by atoms with Gasteiger partial charge in [0.05, 0.1) is 4.90 Å². The lowest BCUT2D eigenvalue weighted by atomic mass is 10.2. The van der Waals surface area contributed by atoms with E-state index >= 15 is 0 Å². The third kappa shape index (κ3) is 4.55. The summed E-state index contributed by atoms with van der Waals surface area (Å²) in [6, 6.07) is 3.55. The van der Waals surface area contributed by atoms with E-state index in [0.717, 1.165) is 0 Å². The summed E-state index contributed by atoms with van der Waals surface area (Å²) in [4.78, 5) is 11.0. The molecule has 1 aromatic carbocycles. The molecule has 1 rings (SSSR count). The lowest BCUT2D eigenvalue weighted by Crippen LogP contribution is -2.40. The average molecular weight is 415 g/mol. The standard InChI is InChI=1S/C11H13Br2NO4S/c1-2-3-9(11(15)16)14-19(17,18)10-6-7(12)4-5-8(10)13/h4-6,9,14H,2-3H2,1H3,(H,15,16)/t9-/m1/s1. The van der Waals surface area contributed by atoms with E-state index in [9.17, 15) is 13.2 Å². The van der Waals surface area contributed by atoms with Crippen molar-refractivity contribution in [2.45, 2.75) is 30.7 Å². The van der Waals surface area contributed by atoms with Crippen molar-refractivity contribution in [1.82, 2.24) is 4.72 Å². The number of carboxylic acid groups (broad SMARTS) is 1. The van der Waals surface area contributed by atoms with Gasteiger partial charge in [-0.25, -0.2) is 8.42 Å². The van der Waals surface area contributed by atoms with Crippen LogP contribution in [0.5, 0.6) is 0 Å². The highest BCUT2D eigenvalue weighted by Crippen LogP contribution is 2.25. The number of carbonyl (C=O) groups is 1. The van der Waals surface area contributed by atoms with Gasteiger partial charge in [0, 0.05) is 8.95 Å². The molecular formula is C11H13Br2NO4S. The fourth-order valence-corrected chi connectivity index (χ4v) is 4.18. The molecule has 0 aliphatic rings. The third-order valence-corrected chi connectivity index (χ3v) is 5.31. The van der Waals surface area contributed by atoms with E-state index in [4.69, 9.17) is 5.11 Å². The minimum Gasteiger partial charge on any atom is -0.480 e. The van der Waals surface area contributed by atoms with Crippen molar-refractivity contribution in [3.8, 4) is 0 Å². The van der Waals surface area contributed by atoms with Crippen molar-refractivity contribution in [2.24, 2.45) is 0 Å². The van der Waals surface area contributed by atoms with E-state index in [2.05, 4.69) is 36.6 Å². The second-order valence-electron chi connectivity index (χ2n) is 3.88. The highest BCUT2D eigenvalue weighted by molar-refractivity contribution is 9.11. The molecule has 0 radical (unpaired) electrons. The summed E-state index contributed by atoms with van der Waals surface area (Å²) in [5.41, 5.74) is 0. The predicted octanol–water partition coefficient (Wildman–Crippen LogP) is 2.74. The van der Waals surface area contributed by atoms with Crippen LogP contribution < -0.4 is 4.72 Å². The van der Waals surface area contributed by atoms with Crippen LogP contribution in [0.15, 0.2) is 32.0 Å². The van der Waals surface area contributed by atoms with Gasteiger partial charge in [-0.1, -0.05) is 29.3 Å². The van der Waals surface area contributed by atoms with Gasteiger partial charge in [-0.05, 0) is 40.5 Å². The summed E-state index contributed by atoms with van der Waals surface area (Å²) < 4.78 is 27.5. The number of aliphatic carboxylic acids is 1. The Labute approximate surface area is 128 Å². The molecule has 0 aromatic heterocycles. The van der Waals surface area contributed by atoms with Gasteiger partial charge in [0.2, 0.25) is 10.0 Å². The number of carboxylic acids is 1. The van der Waals surface area contributed by atoms with E-state index in [0.29, 0.717) is 15.4 Å². The molecule has 0 unspecified atom stereocenters. The number of nitrogens with one attached hydrogen (secondary N) is 1. The molecule has 0 heterocycles. The molecule has 0 fully saturated rings. The molecule has 0 amide bonds. The first-order valence-electron chi connectivity index (χ1n) is 5.48. The maximum absolute atomic E-state index is 12.2. The molecule has 5 nitrogen and oxygen atoms in total. The summed E-state index contributed by atoms with van der Waals surface area (Å²) in [5.74, 6) is -1.18. The highest BCUT2D eigenvalue weighted by Gasteiger charge is 2.26. The van der Waals surface area contributed by atoms with Crippen LogP contribution in [-0.2, 0) is 14.8 Å². The maximum Gasteiger partial charge on any atom is 0.321 e. The second-order valence-corrected chi connectivity index (χ2v) is 7.33. The van der Waals surface area contributed by atoms with Crippen molar-refractivity contribution in [3.05, 3.63) is 27.1 Å². The van der Waals surface area contributed by atoms with Gasteiger partial charge in [0.15, 0.2) is 0 Å². The summed E-state index contributed by atoms with van der Waals surface area (Å²) in [6.07, 6.45) is 0.805. The van der Waals surface area contributed by atoms with Gasteiger partial charge in [-0.2, -0.15) is 4.72 Å². The number of hydrogen-bond acceptors (Lipinski definition) is 3. The Morgan fingerprint density at radius 2 is 2.05 bits per heavy atom. The van der Waals surface area contributed by atoms with E-state index < -0.39 is 22.0 Å². The van der Waals surface area contributed by atoms with Crippen molar-refractivity contribution in [3.63, 3.8) is 0 Å². The lowest BCUT2D eigenvalue weighted by molar-refractivity contribution is -0.139. The van der Waals surface area contributed by atoms with Crippen LogP contribution in [0, 0.1) is 0 Å². The van der Waals surface area contributed by atoms with Gasteiger partial charge in [0.25, 0.3) is 0 Å². The molecule has 0 aliphatic heterocycles. The van der Waals surface area contributed by atoms with Crippen molar-refractivity contribution >= 4 is 47.9 Å². The van der Waals surface area contributed by atoms with E-state index in [-0.39, 0.29) is 11.3 Å². The van der Waals surface area contributed by atoms with Crippen molar-refractivity contribution < 1.29 is 18.3 Å². The quantitative estimate of drug-likeness (QED) is 0.749. The summed E-state index contributed by atoms with van der Waals surface area (Å²) in [7, 11) is -3.89. The Hall–Kier alpha value is -0.440. The summed E-state index contributed by atoms with van der Waals surface area (Å²) in [6.45, 7) is 1.79. The number of sulfonamides is 1. The van der Waals surface area contributed by atoms with Crippen LogP contribution in [0.1, 0.15) is 19.8 Å². The molecule has 1 aromatic rings. The molecule has 0 aliphatic carbocycles. The number of rotatable bonds is 6. The van der Waals surface area contributed by atoms with Crippen molar-refractivity contribution in [2.75, 3.05) is 0 Å². The molecule has 0 bridgehead atoms. The predicted molar refractivity (Wildman–Crippen MR) is 78.5 cm³/mol. The minimum absolute atomic E-state index is 0.00391. The number of hydrogen-bond donors (Lipinski definition) is 2. The Bertz CT molecular complexity index is 574. The first kappa shape index (κ1) is 16.6. The van der Waals surface area contributed by atoms with Crippen LogP contribution in [0.25, 0.3) is 0 Å². The first-order chi connectivity index (χ1) is 8.77. The monoisotopic (exact) mass is 413 g/mol. The van der Waals surface area contributed by atoms with Crippen LogP contribution in [0.4, 0.5) is 0 Å². The van der Waals surface area contributed by atoms with Crippen molar-refractivity contribution in [1.29, 1.82) is 0 Å². The Morgan fingerprint density at radius 3 is 2.58 bits per heavy atom. The Balaban J connectivity index is 3.10. The van der Waals surface area contributed by atoms with E-state index in [1.165, 1.54) is 6.07 Å². The number of benzene rings is 1. The fourth-order valence-electron chi connectivity index (χ4n) is 1.46. The molecular weight excluding hydrogens is 402 g/mol. The van der Waals surface area contributed by atoms with Gasteiger partial charge < -0.3 is 5.11 Å². The normalized spacial score (nSPS) is 13.2. The summed E-state index contributed by atoms with van der Waals surface area (Å²) in [5, 5.41) is 8.99. The fraction of sp³-hybridized carbons (Fsp3) is 0.364. The van der Waals surface area contributed by atoms with Gasteiger partial charge in [0.1, 0.15) is 6.04 Å². The molecule has 106 valence electrons. The first-order valence-corrected chi connectivity index (χ1v) is 8.55. The molecule has 0 saturated carbocycles. The SMILES string of the molecule is CCC[C@@H](NS(=O)(=O)c1cc(Br)ccc1Br)C(=O)O. The zero-order chi connectivity index (χ0) is 14.6. The third-order valence-electron chi connectivity index (χ3n) is 2.36. The smallest absolute Gasteiger partial charge is 0.321 e. The van der Waals surface area contributed by atoms with Crippen LogP contribution in [-0.4, -0.2) is 25.5 Å². The molecule has 8 heteroatoms. The Morgan fingerprint density at radius 1 is 1.42 bits per heavy atom. The zero-order valence-corrected chi connectivity index (χ0v) is 14.0. The topological polar surface area (TPSA) is 83.5 Å². The van der Waals surface area contributed by atoms with Crippen LogP contribution >= 0.6 is 31.9 Å². The van der Waals surface area contributed by atoms with Crippen LogP contribution in [0.3, 0.4) is 0 Å². The van der Waals surface area contributed by atoms with E-state index in [1.807, 2.05) is 0 Å². The van der Waals surface area contributed by atoms with Gasteiger partial charge in [-0.3, -0.25) is 4.79 Å². The highest BCUT2D eigenvalue weighted by atomic mass is 79.9. The van der Waals surface area contributed by atoms with Gasteiger partial charge in [-0.15, -0.1) is 0 Å². The van der Waals surface area contributed by atoms with E-state index in [1.54, 1.807) is 19.1 Å². The second kappa shape index (κ2) is 6.83. The van der Waals surface area contributed by atoms with Crippen LogP contribution in [0.2, 0.25) is 0 Å². The average Bonchev–Trinajstić information content (AvgIpc) is 2.31. The molecule has 19 heavy (non-hydrogen) atoms. The lowest BCUT2D eigenvalue weighted by Gasteiger charge is -2.15. The molecule has 0 saturated heterocycles. The molecule has 2 N–H and O–H groups in total. The summed E-state index contributed by atoms with van der Waals surface area (Å²) >= 11 is 6.33. The maximum atomic E-state index is 12.2. The minimum atomic E-state index is -3.89. The largest absolute Gasteiger partial charge is 0.480 e. The number of halogens is 2. The molecule has 0 spiro atoms. The van der Waals surface area contributed by atoms with Gasteiger partial charge >= 0.3 is 5.97 Å². The molecule has 1 atom stereocenters. The Kier molecular flexibility index (Phi) is 5.97.